The van der Waals surface area contributed by atoms with Crippen LogP contribution in [0.5, 0.6) is 0 Å². The van der Waals surface area contributed by atoms with Crippen LogP contribution >= 0.6 is 11.6 Å². The van der Waals surface area contributed by atoms with Gasteiger partial charge >= 0.3 is 0 Å². The summed E-state index contributed by atoms with van der Waals surface area (Å²) in [6.07, 6.45) is 6.07. The summed E-state index contributed by atoms with van der Waals surface area (Å²) in [6, 6.07) is 4.58. The summed E-state index contributed by atoms with van der Waals surface area (Å²) in [5.41, 5.74) is 3.80. The molecule has 0 bridgehead atoms. The SMILES string of the molecule is CCC1CCCC(C(NN)c2ccc(F)cc2Cl)C1. The highest BCUT2D eigenvalue weighted by molar-refractivity contribution is 6.31. The minimum atomic E-state index is -0.306. The van der Waals surface area contributed by atoms with Crippen molar-refractivity contribution < 1.29 is 4.39 Å². The zero-order valence-corrected chi connectivity index (χ0v) is 12.1. The fourth-order valence-electron chi connectivity index (χ4n) is 3.24. The van der Waals surface area contributed by atoms with Crippen LogP contribution in [0.15, 0.2) is 18.2 Å². The lowest BCUT2D eigenvalue weighted by Gasteiger charge is -2.34. The third-order valence-electron chi connectivity index (χ3n) is 4.35. The molecule has 1 saturated carbocycles. The molecular formula is C15H22ClFN2. The fraction of sp³-hybridized carbons (Fsp3) is 0.600. The molecule has 3 atom stereocenters. The Morgan fingerprint density at radius 2 is 2.26 bits per heavy atom. The second-order valence-corrected chi connectivity index (χ2v) is 5.92. The lowest BCUT2D eigenvalue weighted by atomic mass is 9.75. The molecule has 1 aliphatic rings. The summed E-state index contributed by atoms with van der Waals surface area (Å²) in [5, 5.41) is 0.460. The van der Waals surface area contributed by atoms with E-state index in [1.807, 2.05) is 0 Å². The third kappa shape index (κ3) is 3.47. The van der Waals surface area contributed by atoms with Crippen molar-refractivity contribution in [1.29, 1.82) is 0 Å². The van der Waals surface area contributed by atoms with Crippen LogP contribution in [0.2, 0.25) is 5.02 Å². The molecule has 0 spiro atoms. The van der Waals surface area contributed by atoms with Crippen molar-refractivity contribution in [2.45, 2.75) is 45.1 Å². The van der Waals surface area contributed by atoms with Gasteiger partial charge in [0.2, 0.25) is 0 Å². The molecule has 106 valence electrons. The maximum atomic E-state index is 13.1. The van der Waals surface area contributed by atoms with Crippen molar-refractivity contribution in [2.24, 2.45) is 17.7 Å². The molecule has 0 aliphatic heterocycles. The first-order valence-electron chi connectivity index (χ1n) is 7.06. The highest BCUT2D eigenvalue weighted by atomic mass is 35.5. The van der Waals surface area contributed by atoms with Crippen LogP contribution < -0.4 is 11.3 Å². The lowest BCUT2D eigenvalue weighted by Crippen LogP contribution is -2.36. The maximum Gasteiger partial charge on any atom is 0.124 e. The van der Waals surface area contributed by atoms with Gasteiger partial charge in [-0.3, -0.25) is 11.3 Å². The molecule has 0 amide bonds. The van der Waals surface area contributed by atoms with Gasteiger partial charge in [-0.25, -0.2) is 4.39 Å². The monoisotopic (exact) mass is 284 g/mol. The van der Waals surface area contributed by atoms with Crippen LogP contribution in [0.3, 0.4) is 0 Å². The van der Waals surface area contributed by atoms with E-state index in [0.717, 1.165) is 17.9 Å². The van der Waals surface area contributed by atoms with E-state index in [2.05, 4.69) is 12.3 Å². The average molecular weight is 285 g/mol. The molecule has 1 fully saturated rings. The summed E-state index contributed by atoms with van der Waals surface area (Å²) in [6.45, 7) is 2.24. The molecule has 3 unspecified atom stereocenters. The number of hydrazine groups is 1. The molecule has 3 N–H and O–H groups in total. The number of nitrogens with one attached hydrogen (secondary N) is 1. The van der Waals surface area contributed by atoms with Crippen molar-refractivity contribution in [3.8, 4) is 0 Å². The Labute approximate surface area is 119 Å². The molecule has 19 heavy (non-hydrogen) atoms. The fourth-order valence-corrected chi connectivity index (χ4v) is 3.52. The van der Waals surface area contributed by atoms with E-state index in [1.165, 1.54) is 37.8 Å². The minimum Gasteiger partial charge on any atom is -0.271 e. The summed E-state index contributed by atoms with van der Waals surface area (Å²) in [7, 11) is 0. The van der Waals surface area contributed by atoms with E-state index in [9.17, 15) is 4.39 Å². The third-order valence-corrected chi connectivity index (χ3v) is 4.68. The summed E-state index contributed by atoms with van der Waals surface area (Å²) < 4.78 is 13.1. The molecule has 4 heteroatoms. The molecule has 1 aromatic carbocycles. The van der Waals surface area contributed by atoms with Crippen LogP contribution in [-0.4, -0.2) is 0 Å². The molecule has 0 heterocycles. The van der Waals surface area contributed by atoms with E-state index in [4.69, 9.17) is 17.4 Å². The summed E-state index contributed by atoms with van der Waals surface area (Å²) >= 11 is 6.16. The Bertz CT molecular complexity index is 425. The van der Waals surface area contributed by atoms with Gasteiger partial charge in [0, 0.05) is 5.02 Å². The maximum absolute atomic E-state index is 13.1. The summed E-state index contributed by atoms with van der Waals surface area (Å²) in [5.74, 6) is 6.67. The van der Waals surface area contributed by atoms with Gasteiger partial charge in [0.15, 0.2) is 0 Å². The Kier molecular flexibility index (Phi) is 5.20. The molecule has 1 aliphatic carbocycles. The van der Waals surface area contributed by atoms with Gasteiger partial charge in [-0.2, -0.15) is 0 Å². The Balaban J connectivity index is 2.19. The van der Waals surface area contributed by atoms with Crippen LogP contribution in [0, 0.1) is 17.7 Å². The standard InChI is InChI=1S/C15H22ClFN2/c1-2-10-4-3-5-11(8-10)15(19-18)13-7-6-12(17)9-14(13)16/h6-7,9-11,15,19H,2-5,8,18H2,1H3. The van der Waals surface area contributed by atoms with Gasteiger partial charge < -0.3 is 0 Å². The number of benzene rings is 1. The van der Waals surface area contributed by atoms with Gasteiger partial charge in [-0.05, 0) is 42.4 Å². The highest BCUT2D eigenvalue weighted by Gasteiger charge is 2.29. The Hall–Kier alpha value is -0.640. The smallest absolute Gasteiger partial charge is 0.124 e. The zero-order valence-electron chi connectivity index (χ0n) is 11.3. The molecular weight excluding hydrogens is 263 g/mol. The number of hydrogen-bond acceptors (Lipinski definition) is 2. The van der Waals surface area contributed by atoms with E-state index in [-0.39, 0.29) is 11.9 Å². The van der Waals surface area contributed by atoms with E-state index in [0.29, 0.717) is 10.9 Å². The van der Waals surface area contributed by atoms with Gasteiger partial charge in [0.1, 0.15) is 5.82 Å². The minimum absolute atomic E-state index is 0.0162. The topological polar surface area (TPSA) is 38.0 Å². The van der Waals surface area contributed by atoms with Crippen molar-refractivity contribution in [2.75, 3.05) is 0 Å². The molecule has 0 radical (unpaired) electrons. The molecule has 0 saturated heterocycles. The van der Waals surface area contributed by atoms with Crippen LogP contribution in [0.25, 0.3) is 0 Å². The van der Waals surface area contributed by atoms with Crippen molar-refractivity contribution in [3.63, 3.8) is 0 Å². The lowest BCUT2D eigenvalue weighted by molar-refractivity contribution is 0.210. The van der Waals surface area contributed by atoms with E-state index >= 15 is 0 Å². The zero-order chi connectivity index (χ0) is 13.8. The Morgan fingerprint density at radius 3 is 2.89 bits per heavy atom. The normalized spacial score (nSPS) is 25.3. The largest absolute Gasteiger partial charge is 0.271 e. The summed E-state index contributed by atoms with van der Waals surface area (Å²) in [4.78, 5) is 0. The Morgan fingerprint density at radius 1 is 1.47 bits per heavy atom. The van der Waals surface area contributed by atoms with Gasteiger partial charge in [-0.15, -0.1) is 0 Å². The van der Waals surface area contributed by atoms with Crippen LogP contribution in [-0.2, 0) is 0 Å². The number of halogens is 2. The van der Waals surface area contributed by atoms with Crippen molar-refractivity contribution >= 4 is 11.6 Å². The van der Waals surface area contributed by atoms with Gasteiger partial charge in [-0.1, -0.05) is 43.9 Å². The second kappa shape index (κ2) is 6.69. The van der Waals surface area contributed by atoms with Crippen molar-refractivity contribution in [1.82, 2.24) is 5.43 Å². The second-order valence-electron chi connectivity index (χ2n) is 5.51. The first-order chi connectivity index (χ1) is 9.15. The average Bonchev–Trinajstić information content (AvgIpc) is 2.42. The predicted octanol–water partition coefficient (Wildman–Crippen LogP) is 4.20. The molecule has 0 aromatic heterocycles. The molecule has 1 aromatic rings. The van der Waals surface area contributed by atoms with Crippen LogP contribution in [0.1, 0.15) is 50.6 Å². The van der Waals surface area contributed by atoms with Crippen LogP contribution in [0.4, 0.5) is 4.39 Å². The first kappa shape index (κ1) is 14.8. The van der Waals surface area contributed by atoms with E-state index in [1.54, 1.807) is 6.07 Å². The molecule has 2 rings (SSSR count). The highest BCUT2D eigenvalue weighted by Crippen LogP contribution is 2.39. The van der Waals surface area contributed by atoms with Gasteiger partial charge in [0.05, 0.1) is 6.04 Å². The number of nitrogens with two attached hydrogens (primary N) is 1. The quantitative estimate of drug-likeness (QED) is 0.642. The predicted molar refractivity (Wildman–Crippen MR) is 77.2 cm³/mol. The number of rotatable bonds is 4. The first-order valence-corrected chi connectivity index (χ1v) is 7.44. The molecule has 2 nitrogen and oxygen atoms in total. The van der Waals surface area contributed by atoms with E-state index < -0.39 is 0 Å². The number of hydrogen-bond donors (Lipinski definition) is 2. The van der Waals surface area contributed by atoms with Gasteiger partial charge in [0.25, 0.3) is 0 Å². The van der Waals surface area contributed by atoms with Crippen molar-refractivity contribution in [3.05, 3.63) is 34.6 Å².